The number of fused-ring (bicyclic) bond motifs is 7. The maximum atomic E-state index is 2.96. The van der Waals surface area contributed by atoms with E-state index in [0.29, 0.717) is 0 Å². The number of rotatable bonds is 0. The van der Waals surface area contributed by atoms with Crippen molar-refractivity contribution in [1.29, 1.82) is 0 Å². The third-order valence-corrected chi connectivity index (χ3v) is 6.36. The Morgan fingerprint density at radius 1 is 0.630 bits per heavy atom. The molecule has 1 unspecified atom stereocenters. The van der Waals surface area contributed by atoms with Crippen molar-refractivity contribution in [3.63, 3.8) is 0 Å². The summed E-state index contributed by atoms with van der Waals surface area (Å²) >= 11 is 0. The molecule has 0 N–H and O–H groups in total. The van der Waals surface area contributed by atoms with Crippen LogP contribution in [0.3, 0.4) is 0 Å². The Kier molecular flexibility index (Phi) is 3.58. The molecular formula is C26H23P. The van der Waals surface area contributed by atoms with Crippen LogP contribution in [0.5, 0.6) is 0 Å². The fourth-order valence-corrected chi connectivity index (χ4v) is 5.61. The minimum atomic E-state index is -0.213. The van der Waals surface area contributed by atoms with Gasteiger partial charge in [-0.2, -0.15) is 0 Å². The molecule has 0 fully saturated rings. The lowest BCUT2D eigenvalue weighted by Gasteiger charge is -2.32. The monoisotopic (exact) mass is 366 g/mol. The van der Waals surface area contributed by atoms with Crippen LogP contribution in [0.25, 0.3) is 16.7 Å². The predicted molar refractivity (Wildman–Crippen MR) is 119 cm³/mol. The molecular weight excluding hydrogens is 343 g/mol. The second-order valence-corrected chi connectivity index (χ2v) is 8.69. The molecule has 2 aliphatic carbocycles. The molecule has 0 heterocycles. The van der Waals surface area contributed by atoms with Crippen molar-refractivity contribution in [3.8, 4) is 11.1 Å². The fraction of sp³-hybridized carbons (Fsp3) is 0.154. The van der Waals surface area contributed by atoms with E-state index in [9.17, 15) is 0 Å². The Bertz CT molecular complexity index is 1110. The van der Waals surface area contributed by atoms with Crippen LogP contribution in [0, 0.1) is 0 Å². The molecule has 3 aromatic rings. The van der Waals surface area contributed by atoms with E-state index < -0.39 is 0 Å². The van der Waals surface area contributed by atoms with Gasteiger partial charge in [-0.05, 0) is 70.6 Å². The molecule has 0 aromatic heterocycles. The molecule has 1 heteroatoms. The maximum Gasteiger partial charge on any atom is 0.0725 e. The zero-order valence-electron chi connectivity index (χ0n) is 16.0. The van der Waals surface area contributed by atoms with Gasteiger partial charge in [-0.25, -0.2) is 0 Å². The van der Waals surface area contributed by atoms with Crippen LogP contribution < -0.4 is 0 Å². The molecule has 0 radical (unpaired) electrons. The summed E-state index contributed by atoms with van der Waals surface area (Å²) in [6.45, 7) is 6.74. The van der Waals surface area contributed by atoms with Gasteiger partial charge < -0.3 is 0 Å². The molecule has 1 spiro atoms. The van der Waals surface area contributed by atoms with Crippen molar-refractivity contribution in [2.45, 2.75) is 26.2 Å². The second-order valence-electron chi connectivity index (χ2n) is 7.82. The molecule has 0 amide bonds. The van der Waals surface area contributed by atoms with E-state index in [0.717, 1.165) is 0 Å². The normalized spacial score (nSPS) is 17.6. The van der Waals surface area contributed by atoms with Crippen molar-refractivity contribution in [2.24, 2.45) is 0 Å². The average Bonchev–Trinajstić information content (AvgIpc) is 3.15. The highest BCUT2D eigenvalue weighted by Crippen LogP contribution is 2.64. The summed E-state index contributed by atoms with van der Waals surface area (Å²) in [4.78, 5) is 0. The van der Waals surface area contributed by atoms with Gasteiger partial charge in [0, 0.05) is 0 Å². The molecule has 5 rings (SSSR count). The number of hydrogen-bond donors (Lipinski definition) is 0. The van der Waals surface area contributed by atoms with Crippen molar-refractivity contribution in [2.75, 3.05) is 0 Å². The third-order valence-electron chi connectivity index (χ3n) is 6.07. The van der Waals surface area contributed by atoms with E-state index in [1.807, 2.05) is 0 Å². The molecule has 132 valence electrons. The maximum absolute atomic E-state index is 2.96. The summed E-state index contributed by atoms with van der Waals surface area (Å²) in [6.07, 6.45) is 0. The Morgan fingerprint density at radius 3 is 1.48 bits per heavy atom. The SMILES string of the molecule is CC(C)=C1/C(=C(\C)P)c2ccccc2C12c1ccccc1-c1ccccc12. The quantitative estimate of drug-likeness (QED) is 0.377. The molecule has 0 bridgehead atoms. The topological polar surface area (TPSA) is 0 Å². The molecule has 1 atom stereocenters. The van der Waals surface area contributed by atoms with Gasteiger partial charge in [0.15, 0.2) is 0 Å². The van der Waals surface area contributed by atoms with Crippen molar-refractivity contribution in [3.05, 3.63) is 112 Å². The minimum absolute atomic E-state index is 0.213. The summed E-state index contributed by atoms with van der Waals surface area (Å²) in [7, 11) is 2.96. The second kappa shape index (κ2) is 5.78. The zero-order chi connectivity index (χ0) is 18.8. The van der Waals surface area contributed by atoms with Crippen molar-refractivity contribution < 1.29 is 0 Å². The van der Waals surface area contributed by atoms with Gasteiger partial charge in [0.25, 0.3) is 0 Å². The highest BCUT2D eigenvalue weighted by atomic mass is 31.0. The van der Waals surface area contributed by atoms with Crippen LogP contribution in [-0.4, -0.2) is 0 Å². The van der Waals surface area contributed by atoms with Crippen molar-refractivity contribution >= 4 is 14.8 Å². The lowest BCUT2D eigenvalue weighted by atomic mass is 9.69. The molecule has 0 nitrogen and oxygen atoms in total. The van der Waals surface area contributed by atoms with E-state index in [4.69, 9.17) is 0 Å². The van der Waals surface area contributed by atoms with E-state index in [1.165, 1.54) is 55.4 Å². The van der Waals surface area contributed by atoms with Gasteiger partial charge in [-0.1, -0.05) is 78.4 Å². The van der Waals surface area contributed by atoms with Crippen LogP contribution in [0.4, 0.5) is 0 Å². The van der Waals surface area contributed by atoms with Crippen LogP contribution in [0.2, 0.25) is 0 Å². The van der Waals surface area contributed by atoms with Crippen molar-refractivity contribution in [1.82, 2.24) is 0 Å². The van der Waals surface area contributed by atoms with Crippen LogP contribution in [-0.2, 0) is 5.41 Å². The number of hydrogen-bond acceptors (Lipinski definition) is 0. The van der Waals surface area contributed by atoms with E-state index >= 15 is 0 Å². The molecule has 2 aliphatic rings. The Labute approximate surface area is 163 Å². The summed E-state index contributed by atoms with van der Waals surface area (Å²) in [5, 5.41) is 1.30. The standard InChI is InChI=1S/C26H23P/c1-16(2)25-24(17(3)27)20-12-6-9-15-23(20)26(25)21-13-7-4-10-18(21)19-11-5-8-14-22(19)26/h4-15H,27H2,1-3H3/b24-17+. The predicted octanol–water partition coefficient (Wildman–Crippen LogP) is 6.96. The Balaban J connectivity index is 2.06. The third kappa shape index (κ3) is 1.97. The fourth-order valence-electron chi connectivity index (χ4n) is 5.31. The Hall–Kier alpha value is -2.43. The highest BCUT2D eigenvalue weighted by molar-refractivity contribution is 7.23. The summed E-state index contributed by atoms with van der Waals surface area (Å²) in [6, 6.07) is 26.9. The smallest absolute Gasteiger partial charge is 0.0725 e. The largest absolute Gasteiger partial charge is 0.110 e. The van der Waals surface area contributed by atoms with E-state index in [2.05, 4.69) is 103 Å². The molecule has 0 saturated heterocycles. The van der Waals surface area contributed by atoms with Crippen LogP contribution >= 0.6 is 9.24 Å². The van der Waals surface area contributed by atoms with Gasteiger partial charge in [0.2, 0.25) is 0 Å². The summed E-state index contributed by atoms with van der Waals surface area (Å²) < 4.78 is 0. The first-order valence-corrected chi connectivity index (χ1v) is 10.1. The Morgan fingerprint density at radius 2 is 1.04 bits per heavy atom. The number of allylic oxidation sites excluding steroid dienone is 4. The first kappa shape index (κ1) is 16.7. The minimum Gasteiger partial charge on any atom is -0.110 e. The average molecular weight is 366 g/mol. The van der Waals surface area contributed by atoms with Crippen LogP contribution in [0.15, 0.2) is 89.3 Å². The summed E-state index contributed by atoms with van der Waals surface area (Å²) in [5.74, 6) is 0. The van der Waals surface area contributed by atoms with Gasteiger partial charge in [-0.15, -0.1) is 9.24 Å². The zero-order valence-corrected chi connectivity index (χ0v) is 17.2. The molecule has 0 aliphatic heterocycles. The van der Waals surface area contributed by atoms with Crippen LogP contribution in [0.1, 0.15) is 43.0 Å². The lowest BCUT2D eigenvalue weighted by molar-refractivity contribution is 0.784. The molecule has 3 aromatic carbocycles. The van der Waals surface area contributed by atoms with Gasteiger partial charge in [-0.3, -0.25) is 0 Å². The number of benzene rings is 3. The molecule has 0 saturated carbocycles. The highest BCUT2D eigenvalue weighted by Gasteiger charge is 2.53. The van der Waals surface area contributed by atoms with E-state index in [-0.39, 0.29) is 5.41 Å². The van der Waals surface area contributed by atoms with Gasteiger partial charge >= 0.3 is 0 Å². The van der Waals surface area contributed by atoms with E-state index in [1.54, 1.807) is 0 Å². The lowest BCUT2D eigenvalue weighted by Crippen LogP contribution is -2.26. The summed E-state index contributed by atoms with van der Waals surface area (Å²) in [5.41, 5.74) is 12.4. The van der Waals surface area contributed by atoms with Gasteiger partial charge in [0.05, 0.1) is 5.41 Å². The molecule has 27 heavy (non-hydrogen) atoms. The first-order chi connectivity index (χ1) is 13.1. The first-order valence-electron chi connectivity index (χ1n) is 9.52. The van der Waals surface area contributed by atoms with Gasteiger partial charge in [0.1, 0.15) is 0 Å².